The molecule has 0 aliphatic carbocycles. The number of hydrogen-bond donors (Lipinski definition) is 0. The van der Waals surface area contributed by atoms with Gasteiger partial charge in [-0.05, 0) is 24.6 Å². The van der Waals surface area contributed by atoms with Gasteiger partial charge in [-0.15, -0.1) is 0 Å². The molecule has 0 aromatic heterocycles. The normalized spacial score (nSPS) is 12.9. The van der Waals surface area contributed by atoms with Gasteiger partial charge in [-0.3, -0.25) is 9.00 Å². The monoisotopic (exact) mass is 359 g/mol. The number of esters is 1. The van der Waals surface area contributed by atoms with Gasteiger partial charge in [0, 0.05) is 13.3 Å². The summed E-state index contributed by atoms with van der Waals surface area (Å²) in [6, 6.07) is 16.0. The number of hydrogen-bond acceptors (Lipinski definition) is 4. The van der Waals surface area contributed by atoms with Crippen LogP contribution >= 0.6 is 0 Å². The lowest BCUT2D eigenvalue weighted by Crippen LogP contribution is -2.33. The van der Waals surface area contributed by atoms with Crippen molar-refractivity contribution in [2.24, 2.45) is 0 Å². The molecule has 0 saturated heterocycles. The second-order valence-corrected chi connectivity index (χ2v) is 6.97. The summed E-state index contributed by atoms with van der Waals surface area (Å²) in [6.45, 7) is 1.54. The molecule has 0 unspecified atom stereocenters. The Morgan fingerprint density at radius 2 is 1.68 bits per heavy atom. The Balaban J connectivity index is 2.00. The Hall–Kier alpha value is -2.47. The summed E-state index contributed by atoms with van der Waals surface area (Å²) in [6.07, 6.45) is 1.49. The number of carbonyl (C=O) groups is 2. The molecule has 0 aliphatic heterocycles. The van der Waals surface area contributed by atoms with Crippen LogP contribution in [0, 0.1) is 0 Å². The van der Waals surface area contributed by atoms with Crippen LogP contribution in [0.25, 0.3) is 0 Å². The standard InChI is InChI=1S/C19H21NO4S/c1-14(15-9-5-4-6-10-15)20(2)18(21)13-24-19(22)16-11-7-8-12-17(16)25(3)23/h4-12,14H,13H2,1-3H3/t14-,25+/m1/s1. The maximum absolute atomic E-state index is 12.3. The molecule has 2 aromatic rings. The quantitative estimate of drug-likeness (QED) is 0.744. The average Bonchev–Trinajstić information content (AvgIpc) is 2.65. The summed E-state index contributed by atoms with van der Waals surface area (Å²) in [5, 5.41) is 0. The van der Waals surface area contributed by atoms with E-state index in [9.17, 15) is 13.8 Å². The van der Waals surface area contributed by atoms with Gasteiger partial charge >= 0.3 is 5.97 Å². The fraction of sp³-hybridized carbons (Fsp3) is 0.263. The number of ether oxygens (including phenoxy) is 1. The summed E-state index contributed by atoms with van der Waals surface area (Å²) < 4.78 is 16.8. The fourth-order valence-electron chi connectivity index (χ4n) is 2.36. The molecule has 0 heterocycles. The number of carbonyl (C=O) groups excluding carboxylic acids is 2. The smallest absolute Gasteiger partial charge is 0.339 e. The maximum Gasteiger partial charge on any atom is 0.339 e. The highest BCUT2D eigenvalue weighted by Gasteiger charge is 2.20. The molecular formula is C19H21NO4S. The van der Waals surface area contributed by atoms with Crippen molar-refractivity contribution >= 4 is 22.7 Å². The van der Waals surface area contributed by atoms with Crippen LogP contribution in [0.2, 0.25) is 0 Å². The molecule has 0 saturated carbocycles. The molecule has 0 radical (unpaired) electrons. The molecule has 0 aliphatic rings. The zero-order valence-corrected chi connectivity index (χ0v) is 15.3. The van der Waals surface area contributed by atoms with E-state index >= 15 is 0 Å². The molecular weight excluding hydrogens is 338 g/mol. The molecule has 0 N–H and O–H groups in total. The van der Waals surface area contributed by atoms with Gasteiger partial charge in [0.1, 0.15) is 0 Å². The van der Waals surface area contributed by atoms with E-state index in [-0.39, 0.29) is 24.1 Å². The molecule has 2 aromatic carbocycles. The van der Waals surface area contributed by atoms with Gasteiger partial charge in [-0.2, -0.15) is 0 Å². The third-order valence-corrected chi connectivity index (χ3v) is 4.98. The third-order valence-electron chi connectivity index (χ3n) is 4.00. The summed E-state index contributed by atoms with van der Waals surface area (Å²) in [7, 11) is 0.357. The SMILES string of the molecule is C[C@H](c1ccccc1)N(C)C(=O)COC(=O)c1ccccc1[S@](C)=O. The van der Waals surface area contributed by atoms with Gasteiger partial charge in [-0.25, -0.2) is 4.79 Å². The van der Waals surface area contributed by atoms with Gasteiger partial charge in [0.15, 0.2) is 6.61 Å². The van der Waals surface area contributed by atoms with Crippen molar-refractivity contribution in [1.29, 1.82) is 0 Å². The number of rotatable bonds is 6. The largest absolute Gasteiger partial charge is 0.452 e. The Kier molecular flexibility index (Phi) is 6.47. The van der Waals surface area contributed by atoms with Crippen molar-refractivity contribution in [3.8, 4) is 0 Å². The highest BCUT2D eigenvalue weighted by atomic mass is 32.2. The molecule has 0 fully saturated rings. The van der Waals surface area contributed by atoms with E-state index in [1.165, 1.54) is 11.2 Å². The van der Waals surface area contributed by atoms with Crippen LogP contribution in [0.3, 0.4) is 0 Å². The summed E-state index contributed by atoms with van der Waals surface area (Å²) in [5.41, 5.74) is 1.21. The lowest BCUT2D eigenvalue weighted by Gasteiger charge is -2.25. The Labute approximate surface area is 150 Å². The summed E-state index contributed by atoms with van der Waals surface area (Å²) in [4.78, 5) is 26.4. The average molecular weight is 359 g/mol. The van der Waals surface area contributed by atoms with Crippen molar-refractivity contribution in [3.05, 3.63) is 65.7 Å². The molecule has 2 rings (SSSR count). The van der Waals surface area contributed by atoms with Crippen molar-refractivity contribution in [1.82, 2.24) is 4.90 Å². The lowest BCUT2D eigenvalue weighted by molar-refractivity contribution is -0.135. The number of benzene rings is 2. The van der Waals surface area contributed by atoms with Crippen LogP contribution < -0.4 is 0 Å². The Morgan fingerprint density at radius 3 is 2.32 bits per heavy atom. The Morgan fingerprint density at radius 1 is 1.08 bits per heavy atom. The highest BCUT2D eigenvalue weighted by molar-refractivity contribution is 7.84. The minimum atomic E-state index is -1.31. The second kappa shape index (κ2) is 8.58. The van der Waals surface area contributed by atoms with Crippen LogP contribution in [0.1, 0.15) is 28.9 Å². The first kappa shape index (κ1) is 18.9. The van der Waals surface area contributed by atoms with Gasteiger partial charge in [0.25, 0.3) is 5.91 Å². The van der Waals surface area contributed by atoms with Gasteiger partial charge < -0.3 is 9.64 Å². The van der Waals surface area contributed by atoms with E-state index < -0.39 is 16.8 Å². The summed E-state index contributed by atoms with van der Waals surface area (Å²) >= 11 is 0. The molecule has 132 valence electrons. The van der Waals surface area contributed by atoms with Crippen LogP contribution in [0.5, 0.6) is 0 Å². The molecule has 6 heteroatoms. The van der Waals surface area contributed by atoms with Crippen molar-refractivity contribution in [2.75, 3.05) is 19.9 Å². The Bertz CT molecular complexity index is 776. The van der Waals surface area contributed by atoms with E-state index in [0.29, 0.717) is 4.90 Å². The number of nitrogens with zero attached hydrogens (tertiary/aromatic N) is 1. The molecule has 0 bridgehead atoms. The fourth-order valence-corrected chi connectivity index (χ4v) is 3.10. The summed E-state index contributed by atoms with van der Waals surface area (Å²) in [5.74, 6) is -0.959. The van der Waals surface area contributed by atoms with Crippen LogP contribution in [-0.4, -0.2) is 40.9 Å². The predicted octanol–water partition coefficient (Wildman–Crippen LogP) is 2.80. The molecule has 0 spiro atoms. The maximum atomic E-state index is 12.3. The molecule has 1 amide bonds. The third kappa shape index (κ3) is 4.76. The minimum absolute atomic E-state index is 0.136. The van der Waals surface area contributed by atoms with E-state index in [4.69, 9.17) is 4.74 Å². The van der Waals surface area contributed by atoms with Gasteiger partial charge in [0.05, 0.1) is 27.3 Å². The second-order valence-electron chi connectivity index (χ2n) is 5.62. The van der Waals surface area contributed by atoms with Crippen LogP contribution in [0.4, 0.5) is 0 Å². The van der Waals surface area contributed by atoms with Crippen molar-refractivity contribution in [3.63, 3.8) is 0 Å². The van der Waals surface area contributed by atoms with E-state index in [1.807, 2.05) is 37.3 Å². The van der Waals surface area contributed by atoms with E-state index in [1.54, 1.807) is 31.3 Å². The molecule has 5 nitrogen and oxygen atoms in total. The number of likely N-dealkylation sites (N-methyl/N-ethyl adjacent to an activating group) is 1. The first-order valence-corrected chi connectivity index (χ1v) is 9.37. The topological polar surface area (TPSA) is 63.7 Å². The van der Waals surface area contributed by atoms with Crippen LogP contribution in [0.15, 0.2) is 59.5 Å². The van der Waals surface area contributed by atoms with Crippen molar-refractivity contribution in [2.45, 2.75) is 17.9 Å². The first-order valence-electron chi connectivity index (χ1n) is 7.82. The van der Waals surface area contributed by atoms with E-state index in [0.717, 1.165) is 5.56 Å². The van der Waals surface area contributed by atoms with E-state index in [2.05, 4.69) is 0 Å². The molecule has 2 atom stereocenters. The minimum Gasteiger partial charge on any atom is -0.452 e. The first-order chi connectivity index (χ1) is 11.9. The van der Waals surface area contributed by atoms with Crippen molar-refractivity contribution < 1.29 is 18.5 Å². The van der Waals surface area contributed by atoms with Crippen LogP contribution in [-0.2, 0) is 20.3 Å². The van der Waals surface area contributed by atoms with Gasteiger partial charge in [0.2, 0.25) is 0 Å². The zero-order valence-electron chi connectivity index (χ0n) is 14.5. The number of amides is 1. The zero-order chi connectivity index (χ0) is 18.4. The molecule has 25 heavy (non-hydrogen) atoms. The predicted molar refractivity (Wildman–Crippen MR) is 96.7 cm³/mol. The lowest BCUT2D eigenvalue weighted by atomic mass is 10.1. The van der Waals surface area contributed by atoms with Gasteiger partial charge in [-0.1, -0.05) is 42.5 Å². The highest BCUT2D eigenvalue weighted by Crippen LogP contribution is 2.18.